The summed E-state index contributed by atoms with van der Waals surface area (Å²) >= 11 is 0. The van der Waals surface area contributed by atoms with Gasteiger partial charge in [-0.25, -0.2) is 0 Å². The van der Waals surface area contributed by atoms with Crippen LogP contribution in [0.25, 0.3) is 0 Å². The predicted molar refractivity (Wildman–Crippen MR) is 144 cm³/mol. The zero-order valence-electron chi connectivity index (χ0n) is 20.9. The normalized spacial score (nSPS) is 16.5. The summed E-state index contributed by atoms with van der Waals surface area (Å²) in [5, 5.41) is 13.2. The number of benzene rings is 2. The van der Waals surface area contributed by atoms with E-state index in [9.17, 15) is 19.2 Å². The van der Waals surface area contributed by atoms with Gasteiger partial charge in [0.2, 0.25) is 5.91 Å². The van der Waals surface area contributed by atoms with E-state index in [2.05, 4.69) is 10.6 Å². The maximum atomic E-state index is 12.7. The number of amidine groups is 1. The van der Waals surface area contributed by atoms with Gasteiger partial charge in [0.15, 0.2) is 18.0 Å². The summed E-state index contributed by atoms with van der Waals surface area (Å²) in [5.41, 5.74) is 8.14. The molecule has 2 aromatic carbocycles. The third-order valence-electron chi connectivity index (χ3n) is 5.85. The molecule has 3 atom stereocenters. The number of nitrogens with two attached hydrogens (primary N) is 1. The lowest BCUT2D eigenvalue weighted by molar-refractivity contribution is -0.134. The van der Waals surface area contributed by atoms with Gasteiger partial charge in [0.05, 0.1) is 0 Å². The van der Waals surface area contributed by atoms with Crippen molar-refractivity contribution in [3.8, 4) is 0 Å². The SMILES string of the molecule is Br.CC(=O)c1ccc(CCNC(=O)[C@H]2O[C@@H]2C(=O)N[C@@H](Cc2ccccc2)C(=O)N(C)C)c(C(=N)N)c1. The molecule has 10 nitrogen and oxygen atoms in total. The molecule has 3 rings (SSSR count). The second kappa shape index (κ2) is 13.1. The van der Waals surface area contributed by atoms with Crippen molar-refractivity contribution >= 4 is 46.3 Å². The number of ether oxygens (including phenoxy) is 1. The van der Waals surface area contributed by atoms with Gasteiger partial charge < -0.3 is 26.0 Å². The van der Waals surface area contributed by atoms with Crippen molar-refractivity contribution < 1.29 is 23.9 Å². The molecule has 0 spiro atoms. The molecule has 0 radical (unpaired) electrons. The van der Waals surface area contributed by atoms with Gasteiger partial charge >= 0.3 is 0 Å². The van der Waals surface area contributed by atoms with Gasteiger partial charge in [-0.15, -0.1) is 17.0 Å². The number of amides is 3. The minimum Gasteiger partial charge on any atom is -0.384 e. The Balaban J connectivity index is 0.00000481. The molecule has 3 amide bonds. The predicted octanol–water partition coefficient (Wildman–Crippen LogP) is 0.993. The summed E-state index contributed by atoms with van der Waals surface area (Å²) in [6.45, 7) is 1.66. The molecule has 0 bridgehead atoms. The number of nitrogens with one attached hydrogen (secondary N) is 3. The molecule has 11 heteroatoms. The molecule has 0 saturated carbocycles. The van der Waals surface area contributed by atoms with Gasteiger partial charge in [-0.3, -0.25) is 24.6 Å². The largest absolute Gasteiger partial charge is 0.384 e. The van der Waals surface area contributed by atoms with Crippen molar-refractivity contribution in [3.05, 3.63) is 70.8 Å². The highest BCUT2D eigenvalue weighted by Gasteiger charge is 2.50. The van der Waals surface area contributed by atoms with Gasteiger partial charge in [-0.2, -0.15) is 0 Å². The lowest BCUT2D eigenvalue weighted by atomic mass is 9.99. The number of ketones is 1. The fourth-order valence-corrected chi connectivity index (χ4v) is 3.81. The first-order valence-corrected chi connectivity index (χ1v) is 11.6. The number of nitrogen functional groups attached to an aromatic ring is 1. The Labute approximate surface area is 226 Å². The van der Waals surface area contributed by atoms with Crippen LogP contribution in [0.3, 0.4) is 0 Å². The first kappa shape index (κ1) is 29.7. The summed E-state index contributed by atoms with van der Waals surface area (Å²) in [5.74, 6) is -1.53. The quantitative estimate of drug-likeness (QED) is 0.136. The number of Topliss-reactive ketones (excluding diaryl/α,β-unsaturated/α-hetero) is 1. The molecule has 198 valence electrons. The van der Waals surface area contributed by atoms with Crippen molar-refractivity contribution in [2.75, 3.05) is 20.6 Å². The number of halogens is 1. The van der Waals surface area contributed by atoms with Crippen LogP contribution >= 0.6 is 17.0 Å². The van der Waals surface area contributed by atoms with E-state index >= 15 is 0 Å². The highest BCUT2D eigenvalue weighted by molar-refractivity contribution is 8.93. The highest BCUT2D eigenvalue weighted by Crippen LogP contribution is 2.23. The topological polar surface area (TPSA) is 158 Å². The Hall–Kier alpha value is -3.57. The van der Waals surface area contributed by atoms with Gasteiger partial charge in [-0.1, -0.05) is 42.5 Å². The first-order chi connectivity index (χ1) is 17.1. The number of hydrogen-bond acceptors (Lipinski definition) is 6. The minimum absolute atomic E-state index is 0. The lowest BCUT2D eigenvalue weighted by Gasteiger charge is -2.21. The van der Waals surface area contributed by atoms with E-state index in [1.54, 1.807) is 32.3 Å². The van der Waals surface area contributed by atoms with Crippen LogP contribution in [-0.4, -0.2) is 73.1 Å². The number of rotatable bonds is 11. The van der Waals surface area contributed by atoms with E-state index in [-0.39, 0.29) is 41.1 Å². The number of likely N-dealkylation sites (N-methyl/N-ethyl adjacent to an activating group) is 1. The van der Waals surface area contributed by atoms with Gasteiger partial charge in [0.25, 0.3) is 11.8 Å². The van der Waals surface area contributed by atoms with Gasteiger partial charge in [-0.05, 0) is 30.5 Å². The fourth-order valence-electron chi connectivity index (χ4n) is 3.81. The van der Waals surface area contributed by atoms with Crippen LogP contribution in [0.5, 0.6) is 0 Å². The number of epoxide rings is 1. The summed E-state index contributed by atoms with van der Waals surface area (Å²) in [6.07, 6.45) is -1.22. The van der Waals surface area contributed by atoms with Crippen LogP contribution in [0, 0.1) is 5.41 Å². The maximum absolute atomic E-state index is 12.7. The number of nitrogens with zero attached hydrogens (tertiary/aromatic N) is 1. The lowest BCUT2D eigenvalue weighted by Crippen LogP contribution is -2.49. The second-order valence-electron chi connectivity index (χ2n) is 8.84. The van der Waals surface area contributed by atoms with E-state index in [4.69, 9.17) is 15.9 Å². The van der Waals surface area contributed by atoms with Crippen LogP contribution in [-0.2, 0) is 32.0 Å². The minimum atomic E-state index is -0.971. The molecule has 1 saturated heterocycles. The molecule has 0 unspecified atom stereocenters. The van der Waals surface area contributed by atoms with Crippen LogP contribution in [0.1, 0.15) is 34.0 Å². The van der Waals surface area contributed by atoms with Crippen molar-refractivity contribution in [2.24, 2.45) is 5.73 Å². The maximum Gasteiger partial charge on any atom is 0.253 e. The van der Waals surface area contributed by atoms with Crippen molar-refractivity contribution in [1.29, 1.82) is 5.41 Å². The number of carbonyl (C=O) groups is 4. The van der Waals surface area contributed by atoms with Crippen LogP contribution in [0.15, 0.2) is 48.5 Å². The Morgan fingerprint density at radius 2 is 1.70 bits per heavy atom. The zero-order chi connectivity index (χ0) is 26.4. The molecule has 37 heavy (non-hydrogen) atoms. The number of hydrogen-bond donors (Lipinski definition) is 4. The summed E-state index contributed by atoms with van der Waals surface area (Å²) in [4.78, 5) is 50.8. The standard InChI is InChI=1S/C26H31N5O5.BrH/c1-15(32)18-10-9-17(19(14-18)23(27)28)11-12-29-24(33)21-22(36-21)25(34)30-20(26(35)31(2)3)13-16-7-5-4-6-8-16;/h4-10,14,20-22H,11-13H2,1-3H3,(H3,27,28)(H,29,33)(H,30,34);1H/t20-,21-,22-;/m0./s1. The Kier molecular flexibility index (Phi) is 10.5. The Morgan fingerprint density at radius 3 is 2.30 bits per heavy atom. The Morgan fingerprint density at radius 1 is 1.05 bits per heavy atom. The molecule has 1 fully saturated rings. The Bertz CT molecular complexity index is 1170. The monoisotopic (exact) mass is 573 g/mol. The smallest absolute Gasteiger partial charge is 0.253 e. The molecule has 0 aliphatic carbocycles. The molecule has 1 aliphatic heterocycles. The molecular formula is C26H32BrN5O5. The van der Waals surface area contributed by atoms with Crippen LogP contribution in [0.2, 0.25) is 0 Å². The van der Waals surface area contributed by atoms with E-state index in [1.165, 1.54) is 11.8 Å². The van der Waals surface area contributed by atoms with E-state index in [0.29, 0.717) is 29.5 Å². The van der Waals surface area contributed by atoms with Crippen molar-refractivity contribution in [1.82, 2.24) is 15.5 Å². The summed E-state index contributed by atoms with van der Waals surface area (Å²) in [6, 6.07) is 13.5. The summed E-state index contributed by atoms with van der Waals surface area (Å²) < 4.78 is 5.30. The molecule has 0 aromatic heterocycles. The average Bonchev–Trinajstić information content (AvgIpc) is 3.65. The third kappa shape index (κ3) is 7.96. The van der Waals surface area contributed by atoms with E-state index in [0.717, 1.165) is 5.56 Å². The molecule has 5 N–H and O–H groups in total. The van der Waals surface area contributed by atoms with Crippen LogP contribution in [0.4, 0.5) is 0 Å². The van der Waals surface area contributed by atoms with Gasteiger partial charge in [0, 0.05) is 38.2 Å². The molecule has 2 aromatic rings. The third-order valence-corrected chi connectivity index (χ3v) is 5.85. The first-order valence-electron chi connectivity index (χ1n) is 11.6. The highest BCUT2D eigenvalue weighted by atomic mass is 79.9. The van der Waals surface area contributed by atoms with Gasteiger partial charge in [0.1, 0.15) is 11.9 Å². The van der Waals surface area contributed by atoms with E-state index in [1.807, 2.05) is 30.3 Å². The van der Waals surface area contributed by atoms with Crippen molar-refractivity contribution in [2.45, 2.75) is 38.0 Å². The molecule has 1 aliphatic rings. The fraction of sp³-hybridized carbons (Fsp3) is 0.346. The number of carbonyl (C=O) groups excluding carboxylic acids is 4. The van der Waals surface area contributed by atoms with Crippen molar-refractivity contribution in [3.63, 3.8) is 0 Å². The molecular weight excluding hydrogens is 542 g/mol. The van der Waals surface area contributed by atoms with Crippen LogP contribution < -0.4 is 16.4 Å². The average molecular weight is 574 g/mol. The molecule has 1 heterocycles. The second-order valence-corrected chi connectivity index (χ2v) is 8.84. The zero-order valence-corrected chi connectivity index (χ0v) is 22.7. The van der Waals surface area contributed by atoms with E-state index < -0.39 is 30.1 Å². The summed E-state index contributed by atoms with van der Waals surface area (Å²) in [7, 11) is 3.23.